The summed E-state index contributed by atoms with van der Waals surface area (Å²) in [5, 5.41) is 3.07. The Balaban J connectivity index is 2.24. The molecule has 1 heterocycles. The van der Waals surface area contributed by atoms with E-state index in [1.807, 2.05) is 0 Å². The van der Waals surface area contributed by atoms with E-state index in [4.69, 9.17) is 5.73 Å². The summed E-state index contributed by atoms with van der Waals surface area (Å²) < 4.78 is 0. The Labute approximate surface area is 117 Å². The van der Waals surface area contributed by atoms with E-state index in [0.29, 0.717) is 12.6 Å². The summed E-state index contributed by atoms with van der Waals surface area (Å²) >= 11 is 0. The number of nitrogens with one attached hydrogen (secondary N) is 1. The van der Waals surface area contributed by atoms with Crippen LogP contribution >= 0.6 is 0 Å². The average Bonchev–Trinajstić information content (AvgIpc) is 2.48. The second-order valence-electron chi connectivity index (χ2n) is 6.65. The number of carbonyl (C=O) groups is 1. The molecule has 0 spiro atoms. The zero-order chi connectivity index (χ0) is 13.9. The molecule has 0 bridgehead atoms. The van der Waals surface area contributed by atoms with Crippen LogP contribution in [0.3, 0.4) is 0 Å². The van der Waals surface area contributed by atoms with Crippen LogP contribution < -0.4 is 11.1 Å². The molecule has 4 nitrogen and oxygen atoms in total. The van der Waals surface area contributed by atoms with Crippen molar-refractivity contribution < 1.29 is 4.79 Å². The molecule has 0 aromatic rings. The van der Waals surface area contributed by atoms with Crippen LogP contribution in [0.15, 0.2) is 0 Å². The molecule has 1 saturated carbocycles. The number of nitrogens with zero attached hydrogens (tertiary/aromatic N) is 1. The van der Waals surface area contributed by atoms with Crippen LogP contribution in [0, 0.1) is 0 Å². The first kappa shape index (κ1) is 14.8. The Morgan fingerprint density at radius 1 is 1.32 bits per heavy atom. The van der Waals surface area contributed by atoms with Crippen LogP contribution in [0.25, 0.3) is 0 Å². The van der Waals surface area contributed by atoms with Crippen molar-refractivity contribution in [2.45, 2.75) is 76.4 Å². The number of rotatable bonds is 3. The molecular weight excluding hydrogens is 238 g/mol. The van der Waals surface area contributed by atoms with E-state index in [-0.39, 0.29) is 17.5 Å². The zero-order valence-corrected chi connectivity index (χ0v) is 12.5. The van der Waals surface area contributed by atoms with Crippen molar-refractivity contribution in [2.75, 3.05) is 13.1 Å². The summed E-state index contributed by atoms with van der Waals surface area (Å²) in [5.74, 6) is 0.182. The van der Waals surface area contributed by atoms with Gasteiger partial charge in [0.15, 0.2) is 0 Å². The number of carbonyl (C=O) groups excluding carboxylic acids is 1. The van der Waals surface area contributed by atoms with Crippen LogP contribution in [-0.4, -0.2) is 41.5 Å². The van der Waals surface area contributed by atoms with Gasteiger partial charge in [0.1, 0.15) is 0 Å². The third kappa shape index (κ3) is 3.29. The molecule has 1 aliphatic heterocycles. The molecule has 110 valence electrons. The topological polar surface area (TPSA) is 58.4 Å². The zero-order valence-electron chi connectivity index (χ0n) is 12.5. The van der Waals surface area contributed by atoms with Gasteiger partial charge in [-0.05, 0) is 46.1 Å². The number of hydrogen-bond acceptors (Lipinski definition) is 3. The molecule has 2 rings (SSSR count). The van der Waals surface area contributed by atoms with Crippen molar-refractivity contribution in [2.24, 2.45) is 5.73 Å². The van der Waals surface area contributed by atoms with Gasteiger partial charge in [-0.15, -0.1) is 0 Å². The van der Waals surface area contributed by atoms with Gasteiger partial charge in [-0.25, -0.2) is 0 Å². The van der Waals surface area contributed by atoms with E-state index in [0.717, 1.165) is 19.4 Å². The van der Waals surface area contributed by atoms with Crippen LogP contribution in [-0.2, 0) is 4.79 Å². The van der Waals surface area contributed by atoms with Gasteiger partial charge in [-0.2, -0.15) is 0 Å². The van der Waals surface area contributed by atoms with Crippen LogP contribution in [0.4, 0.5) is 0 Å². The quantitative estimate of drug-likeness (QED) is 0.817. The fourth-order valence-electron chi connectivity index (χ4n) is 3.82. The Bertz CT molecular complexity index is 311. The fraction of sp³-hybridized carbons (Fsp3) is 0.933. The molecule has 4 heteroatoms. The highest BCUT2D eigenvalue weighted by Crippen LogP contribution is 2.34. The Kier molecular flexibility index (Phi) is 4.85. The first-order valence-electron chi connectivity index (χ1n) is 7.82. The van der Waals surface area contributed by atoms with Crippen molar-refractivity contribution in [3.8, 4) is 0 Å². The summed E-state index contributed by atoms with van der Waals surface area (Å²) in [6.45, 7) is 5.93. The molecule has 2 fully saturated rings. The van der Waals surface area contributed by atoms with E-state index in [2.05, 4.69) is 24.1 Å². The van der Waals surface area contributed by atoms with Crippen molar-refractivity contribution >= 4 is 5.91 Å². The monoisotopic (exact) mass is 267 g/mol. The van der Waals surface area contributed by atoms with Gasteiger partial charge < -0.3 is 11.1 Å². The Morgan fingerprint density at radius 2 is 2.00 bits per heavy atom. The smallest absolute Gasteiger partial charge is 0.237 e. The summed E-state index contributed by atoms with van der Waals surface area (Å²) in [4.78, 5) is 14.8. The predicted octanol–water partition coefficient (Wildman–Crippen LogP) is 1.64. The van der Waals surface area contributed by atoms with Gasteiger partial charge >= 0.3 is 0 Å². The van der Waals surface area contributed by atoms with Gasteiger partial charge in [-0.1, -0.05) is 19.3 Å². The highest BCUT2D eigenvalue weighted by atomic mass is 16.2. The lowest BCUT2D eigenvalue weighted by Gasteiger charge is -2.47. The minimum Gasteiger partial charge on any atom is -0.355 e. The standard InChI is InChI=1S/C15H29N3O/c1-15(2)9-11-17-14(19)13(8-10-16)18(15)12-6-4-3-5-7-12/h12-13H,3-11,16H2,1-2H3,(H,17,19). The van der Waals surface area contributed by atoms with E-state index >= 15 is 0 Å². The summed E-state index contributed by atoms with van der Waals surface area (Å²) in [7, 11) is 0. The molecule has 3 N–H and O–H groups in total. The summed E-state index contributed by atoms with van der Waals surface area (Å²) in [6.07, 6.45) is 8.21. The number of hydrogen-bond donors (Lipinski definition) is 2. The lowest BCUT2D eigenvalue weighted by molar-refractivity contribution is -0.129. The molecule has 1 unspecified atom stereocenters. The SMILES string of the molecule is CC1(C)CCNC(=O)C(CCN)N1C1CCCCC1. The maximum absolute atomic E-state index is 12.3. The maximum Gasteiger partial charge on any atom is 0.237 e. The van der Waals surface area contributed by atoms with Gasteiger partial charge in [-0.3, -0.25) is 9.69 Å². The first-order valence-corrected chi connectivity index (χ1v) is 7.82. The molecule has 1 saturated heterocycles. The van der Waals surface area contributed by atoms with E-state index < -0.39 is 0 Å². The highest BCUT2D eigenvalue weighted by Gasteiger charge is 2.42. The number of nitrogens with two attached hydrogens (primary N) is 1. The minimum atomic E-state index is -0.0365. The van der Waals surface area contributed by atoms with Crippen LogP contribution in [0.2, 0.25) is 0 Å². The van der Waals surface area contributed by atoms with Gasteiger partial charge in [0.05, 0.1) is 6.04 Å². The number of amides is 1. The first-order chi connectivity index (χ1) is 9.06. The molecule has 0 aromatic heterocycles. The normalized spacial score (nSPS) is 29.8. The van der Waals surface area contributed by atoms with E-state index in [9.17, 15) is 4.79 Å². The second-order valence-corrected chi connectivity index (χ2v) is 6.65. The van der Waals surface area contributed by atoms with Gasteiger partial charge in [0.2, 0.25) is 5.91 Å². The van der Waals surface area contributed by atoms with Crippen molar-refractivity contribution in [1.29, 1.82) is 0 Å². The molecular formula is C15H29N3O. The predicted molar refractivity (Wildman–Crippen MR) is 77.9 cm³/mol. The summed E-state index contributed by atoms with van der Waals surface area (Å²) in [5.41, 5.74) is 5.83. The van der Waals surface area contributed by atoms with Gasteiger partial charge in [0.25, 0.3) is 0 Å². The van der Waals surface area contributed by atoms with Crippen LogP contribution in [0.5, 0.6) is 0 Å². The Hall–Kier alpha value is -0.610. The molecule has 1 amide bonds. The Morgan fingerprint density at radius 3 is 2.63 bits per heavy atom. The van der Waals surface area contributed by atoms with E-state index in [1.54, 1.807) is 0 Å². The van der Waals surface area contributed by atoms with Crippen molar-refractivity contribution in [3.63, 3.8) is 0 Å². The average molecular weight is 267 g/mol. The molecule has 0 radical (unpaired) electrons. The lowest BCUT2D eigenvalue weighted by Crippen LogP contribution is -2.58. The minimum absolute atomic E-state index is 0.0365. The molecule has 0 aromatic carbocycles. The lowest BCUT2D eigenvalue weighted by atomic mass is 9.87. The molecule has 19 heavy (non-hydrogen) atoms. The molecule has 1 atom stereocenters. The van der Waals surface area contributed by atoms with Crippen molar-refractivity contribution in [1.82, 2.24) is 10.2 Å². The summed E-state index contributed by atoms with van der Waals surface area (Å²) in [6, 6.07) is 0.523. The second kappa shape index (κ2) is 6.23. The highest BCUT2D eigenvalue weighted by molar-refractivity contribution is 5.82. The van der Waals surface area contributed by atoms with Crippen molar-refractivity contribution in [3.05, 3.63) is 0 Å². The third-order valence-electron chi connectivity index (χ3n) is 4.78. The maximum atomic E-state index is 12.3. The van der Waals surface area contributed by atoms with Crippen LogP contribution in [0.1, 0.15) is 58.8 Å². The third-order valence-corrected chi connectivity index (χ3v) is 4.78. The van der Waals surface area contributed by atoms with E-state index in [1.165, 1.54) is 32.1 Å². The fourth-order valence-corrected chi connectivity index (χ4v) is 3.82. The molecule has 1 aliphatic carbocycles. The molecule has 2 aliphatic rings. The largest absolute Gasteiger partial charge is 0.355 e. The van der Waals surface area contributed by atoms with Gasteiger partial charge in [0, 0.05) is 18.1 Å².